The second-order valence-electron chi connectivity index (χ2n) is 5.04. The summed E-state index contributed by atoms with van der Waals surface area (Å²) in [5.41, 5.74) is 0.731. The molecular formula is C18H17NO4S2. The van der Waals surface area contributed by atoms with Gasteiger partial charge in [-0.05, 0) is 35.7 Å². The molecule has 3 rings (SSSR count). The lowest BCUT2D eigenvalue weighted by atomic mass is 10.3. The van der Waals surface area contributed by atoms with Gasteiger partial charge in [0.05, 0.1) is 24.1 Å². The summed E-state index contributed by atoms with van der Waals surface area (Å²) in [5.74, 6) is 1.17. The van der Waals surface area contributed by atoms with Gasteiger partial charge in [-0.25, -0.2) is 4.98 Å². The number of aromatic nitrogens is 1. The lowest BCUT2D eigenvalue weighted by molar-refractivity contribution is -0.143. The number of carbonyl (C=O) groups excluding carboxylic acids is 1. The van der Waals surface area contributed by atoms with Crippen LogP contribution in [0.4, 0.5) is 0 Å². The van der Waals surface area contributed by atoms with E-state index in [1.54, 1.807) is 18.4 Å². The fourth-order valence-electron chi connectivity index (χ4n) is 2.09. The Bertz CT molecular complexity index is 797. The number of carbonyl (C=O) groups is 1. The minimum absolute atomic E-state index is 0.171. The summed E-state index contributed by atoms with van der Waals surface area (Å²) < 4.78 is 15.8. The molecule has 2 aromatic heterocycles. The van der Waals surface area contributed by atoms with E-state index in [9.17, 15) is 4.79 Å². The number of benzene rings is 1. The van der Waals surface area contributed by atoms with Gasteiger partial charge in [0, 0.05) is 5.38 Å². The van der Waals surface area contributed by atoms with E-state index in [1.165, 1.54) is 11.3 Å². The van der Waals surface area contributed by atoms with Gasteiger partial charge in [0.25, 0.3) is 0 Å². The number of nitrogens with zero attached hydrogens (tertiary/aromatic N) is 1. The van der Waals surface area contributed by atoms with Crippen molar-refractivity contribution in [2.24, 2.45) is 0 Å². The normalized spacial score (nSPS) is 10.4. The van der Waals surface area contributed by atoms with Crippen molar-refractivity contribution in [3.05, 3.63) is 52.9 Å². The molecule has 0 fully saturated rings. The first-order valence-corrected chi connectivity index (χ1v) is 9.41. The topological polar surface area (TPSA) is 57.7 Å². The van der Waals surface area contributed by atoms with Gasteiger partial charge in [0.2, 0.25) is 0 Å². The molecule has 0 saturated heterocycles. The van der Waals surface area contributed by atoms with Gasteiger partial charge in [0.1, 0.15) is 29.7 Å². The quantitative estimate of drug-likeness (QED) is 0.439. The van der Waals surface area contributed by atoms with Crippen LogP contribution in [-0.4, -0.2) is 31.3 Å². The summed E-state index contributed by atoms with van der Waals surface area (Å²) in [6.45, 7) is 0.502. The molecule has 0 unspecified atom stereocenters. The number of thiazole rings is 1. The first kappa shape index (κ1) is 17.4. The van der Waals surface area contributed by atoms with Crippen LogP contribution in [0.5, 0.6) is 11.5 Å². The molecule has 25 heavy (non-hydrogen) atoms. The van der Waals surface area contributed by atoms with Gasteiger partial charge in [-0.3, -0.25) is 4.79 Å². The Morgan fingerprint density at radius 3 is 2.60 bits per heavy atom. The average Bonchev–Trinajstić information content (AvgIpc) is 3.31. The Balaban J connectivity index is 1.39. The molecule has 2 heterocycles. The Kier molecular flexibility index (Phi) is 6.03. The van der Waals surface area contributed by atoms with Crippen LogP contribution in [0, 0.1) is 0 Å². The monoisotopic (exact) mass is 375 g/mol. The van der Waals surface area contributed by atoms with Crippen molar-refractivity contribution < 1.29 is 19.0 Å². The summed E-state index contributed by atoms with van der Waals surface area (Å²) in [4.78, 5) is 17.5. The number of methoxy groups -OCH3 is 1. The Hall–Kier alpha value is -2.38. The molecule has 0 N–H and O–H groups in total. The molecule has 0 bridgehead atoms. The van der Waals surface area contributed by atoms with Crippen LogP contribution in [0.25, 0.3) is 9.88 Å². The SMILES string of the molecule is COc1ccc(OCCOC(=O)Cc2csc(-c3cccs3)n2)cc1. The molecule has 1 aromatic carbocycles. The Morgan fingerprint density at radius 2 is 1.88 bits per heavy atom. The van der Waals surface area contributed by atoms with Gasteiger partial charge < -0.3 is 14.2 Å². The van der Waals surface area contributed by atoms with Crippen LogP contribution in [0.3, 0.4) is 0 Å². The summed E-state index contributed by atoms with van der Waals surface area (Å²) in [7, 11) is 1.61. The summed E-state index contributed by atoms with van der Waals surface area (Å²) in [6.07, 6.45) is 0.171. The predicted molar refractivity (Wildman–Crippen MR) is 98.6 cm³/mol. The molecular weight excluding hydrogens is 358 g/mol. The number of hydrogen-bond donors (Lipinski definition) is 0. The first-order chi connectivity index (χ1) is 12.2. The van der Waals surface area contributed by atoms with Gasteiger partial charge in [0.15, 0.2) is 0 Å². The van der Waals surface area contributed by atoms with E-state index in [0.29, 0.717) is 12.4 Å². The van der Waals surface area contributed by atoms with Crippen LogP contribution in [0.15, 0.2) is 47.2 Å². The zero-order valence-electron chi connectivity index (χ0n) is 13.6. The van der Waals surface area contributed by atoms with Gasteiger partial charge >= 0.3 is 5.97 Å². The average molecular weight is 375 g/mol. The molecule has 0 spiro atoms. The second-order valence-corrected chi connectivity index (χ2v) is 6.85. The predicted octanol–water partition coefficient (Wildman–Crippen LogP) is 4.04. The van der Waals surface area contributed by atoms with Crippen LogP contribution < -0.4 is 9.47 Å². The van der Waals surface area contributed by atoms with Crippen molar-refractivity contribution >= 4 is 28.6 Å². The smallest absolute Gasteiger partial charge is 0.312 e. The number of esters is 1. The maximum atomic E-state index is 11.9. The van der Waals surface area contributed by atoms with E-state index in [4.69, 9.17) is 14.2 Å². The van der Waals surface area contributed by atoms with E-state index < -0.39 is 0 Å². The summed E-state index contributed by atoms with van der Waals surface area (Å²) >= 11 is 3.17. The standard InChI is InChI=1S/C18H17NO4S2/c1-21-14-4-6-15(7-5-14)22-8-9-23-17(20)11-13-12-25-18(19-13)16-3-2-10-24-16/h2-7,10,12H,8-9,11H2,1H3. The molecule has 5 nitrogen and oxygen atoms in total. The molecule has 0 atom stereocenters. The van der Waals surface area contributed by atoms with Crippen LogP contribution in [0.2, 0.25) is 0 Å². The van der Waals surface area contributed by atoms with Gasteiger partial charge in [-0.2, -0.15) is 0 Å². The zero-order valence-corrected chi connectivity index (χ0v) is 15.3. The molecule has 0 radical (unpaired) electrons. The highest BCUT2D eigenvalue weighted by Crippen LogP contribution is 2.27. The highest BCUT2D eigenvalue weighted by atomic mass is 32.1. The van der Waals surface area contributed by atoms with Crippen molar-refractivity contribution in [1.29, 1.82) is 0 Å². The van der Waals surface area contributed by atoms with E-state index in [-0.39, 0.29) is 19.0 Å². The summed E-state index contributed by atoms with van der Waals surface area (Å²) in [6, 6.07) is 11.2. The third-order valence-electron chi connectivity index (χ3n) is 3.28. The molecule has 0 amide bonds. The number of thiophene rings is 1. The molecule has 0 aliphatic heterocycles. The van der Waals surface area contributed by atoms with Crippen LogP contribution in [0.1, 0.15) is 5.69 Å². The number of ether oxygens (including phenoxy) is 3. The third kappa shape index (κ3) is 5.04. The maximum Gasteiger partial charge on any atom is 0.312 e. The zero-order chi connectivity index (χ0) is 17.5. The van der Waals surface area contributed by atoms with Crippen molar-refractivity contribution in [1.82, 2.24) is 4.98 Å². The highest BCUT2D eigenvalue weighted by molar-refractivity contribution is 7.20. The Morgan fingerprint density at radius 1 is 1.08 bits per heavy atom. The molecule has 7 heteroatoms. The number of rotatable bonds is 8. The van der Waals surface area contributed by atoms with Gasteiger partial charge in [-0.15, -0.1) is 22.7 Å². The minimum atomic E-state index is -0.304. The molecule has 0 aliphatic carbocycles. The Labute approximate surface area is 153 Å². The lowest BCUT2D eigenvalue weighted by Gasteiger charge is -2.07. The second kappa shape index (κ2) is 8.64. The van der Waals surface area contributed by atoms with Crippen molar-refractivity contribution in [2.45, 2.75) is 6.42 Å². The van der Waals surface area contributed by atoms with Crippen molar-refractivity contribution in [2.75, 3.05) is 20.3 Å². The fourth-order valence-corrected chi connectivity index (χ4v) is 3.72. The lowest BCUT2D eigenvalue weighted by Crippen LogP contribution is -2.14. The molecule has 0 saturated carbocycles. The van der Waals surface area contributed by atoms with Crippen molar-refractivity contribution in [3.63, 3.8) is 0 Å². The van der Waals surface area contributed by atoms with E-state index >= 15 is 0 Å². The maximum absolute atomic E-state index is 11.9. The summed E-state index contributed by atoms with van der Waals surface area (Å²) in [5, 5.41) is 4.83. The first-order valence-electron chi connectivity index (χ1n) is 7.65. The molecule has 0 aliphatic rings. The third-order valence-corrected chi connectivity index (χ3v) is 5.21. The minimum Gasteiger partial charge on any atom is -0.497 e. The van der Waals surface area contributed by atoms with Crippen molar-refractivity contribution in [3.8, 4) is 21.4 Å². The number of hydrogen-bond acceptors (Lipinski definition) is 7. The van der Waals surface area contributed by atoms with Gasteiger partial charge in [-0.1, -0.05) is 6.07 Å². The van der Waals surface area contributed by atoms with Crippen LogP contribution in [-0.2, 0) is 16.0 Å². The van der Waals surface area contributed by atoms with E-state index in [0.717, 1.165) is 21.3 Å². The molecule has 130 valence electrons. The largest absolute Gasteiger partial charge is 0.497 e. The van der Waals surface area contributed by atoms with E-state index in [2.05, 4.69) is 4.98 Å². The van der Waals surface area contributed by atoms with E-state index in [1.807, 2.05) is 47.2 Å². The molecule has 3 aromatic rings. The highest BCUT2D eigenvalue weighted by Gasteiger charge is 2.10. The van der Waals surface area contributed by atoms with Crippen LogP contribution >= 0.6 is 22.7 Å². The fraction of sp³-hybridized carbons (Fsp3) is 0.222.